The number of fused-ring (bicyclic) bond motifs is 1. The van der Waals surface area contributed by atoms with Crippen LogP contribution in [0, 0.1) is 6.92 Å². The first-order valence-corrected chi connectivity index (χ1v) is 7.97. The first kappa shape index (κ1) is 14.4. The van der Waals surface area contributed by atoms with Crippen molar-refractivity contribution >= 4 is 26.7 Å². The normalized spacial score (nSPS) is 12.7. The molecule has 21 heavy (non-hydrogen) atoms. The second-order valence-electron chi connectivity index (χ2n) is 5.15. The molecular weight excluding hydrogens is 326 g/mol. The van der Waals surface area contributed by atoms with Gasteiger partial charge in [0, 0.05) is 0 Å². The average Bonchev–Trinajstić information content (AvgIpc) is 2.92. The predicted molar refractivity (Wildman–Crippen MR) is 90.6 cm³/mol. The van der Waals surface area contributed by atoms with Crippen LogP contribution in [0.2, 0.25) is 0 Å². The fourth-order valence-corrected chi connectivity index (χ4v) is 3.14. The third-order valence-electron chi connectivity index (χ3n) is 3.76. The molecule has 2 nitrogen and oxygen atoms in total. The van der Waals surface area contributed by atoms with E-state index in [1.54, 1.807) is 0 Å². The number of nitrogens with one attached hydrogen (secondary N) is 1. The molecule has 1 aromatic heterocycles. The maximum absolute atomic E-state index is 5.81. The summed E-state index contributed by atoms with van der Waals surface area (Å²) in [6.45, 7) is 5.15. The monoisotopic (exact) mass is 343 g/mol. The molecule has 0 aliphatic heterocycles. The molecule has 2 aromatic carbocycles. The summed E-state index contributed by atoms with van der Waals surface area (Å²) in [6.07, 6.45) is 0. The van der Waals surface area contributed by atoms with Gasteiger partial charge in [0.25, 0.3) is 0 Å². The maximum atomic E-state index is 5.81. The summed E-state index contributed by atoms with van der Waals surface area (Å²) in [5, 5.41) is 6.08. The molecule has 0 saturated carbocycles. The van der Waals surface area contributed by atoms with Crippen LogP contribution in [-0.2, 0) is 0 Å². The molecule has 0 bridgehead atoms. The van der Waals surface area contributed by atoms with E-state index in [-0.39, 0.29) is 6.04 Å². The van der Waals surface area contributed by atoms with Crippen LogP contribution in [0.3, 0.4) is 0 Å². The van der Waals surface area contributed by atoms with Gasteiger partial charge in [0.1, 0.15) is 5.76 Å². The van der Waals surface area contributed by atoms with Gasteiger partial charge in [-0.3, -0.25) is 0 Å². The highest BCUT2D eigenvalue weighted by Gasteiger charge is 2.20. The van der Waals surface area contributed by atoms with E-state index in [0.717, 1.165) is 17.0 Å². The smallest absolute Gasteiger partial charge is 0.169 e. The first-order valence-electron chi connectivity index (χ1n) is 7.17. The molecule has 108 valence electrons. The number of aryl methyl sites for hydroxylation is 1. The van der Waals surface area contributed by atoms with Gasteiger partial charge in [-0.2, -0.15) is 0 Å². The van der Waals surface area contributed by atoms with E-state index in [2.05, 4.69) is 71.5 Å². The molecule has 1 heterocycles. The van der Waals surface area contributed by atoms with E-state index in [0.29, 0.717) is 0 Å². The quantitative estimate of drug-likeness (QED) is 0.703. The van der Waals surface area contributed by atoms with E-state index in [4.69, 9.17) is 4.42 Å². The highest BCUT2D eigenvalue weighted by Crippen LogP contribution is 2.33. The second-order valence-corrected chi connectivity index (χ2v) is 5.93. The number of furan rings is 1. The van der Waals surface area contributed by atoms with E-state index < -0.39 is 0 Å². The molecule has 1 unspecified atom stereocenters. The number of halogens is 1. The molecule has 3 aromatic rings. The number of hydrogen-bond acceptors (Lipinski definition) is 2. The Hall–Kier alpha value is -1.58. The van der Waals surface area contributed by atoms with Crippen molar-refractivity contribution in [1.29, 1.82) is 0 Å². The Balaban J connectivity index is 2.21. The van der Waals surface area contributed by atoms with Gasteiger partial charge in [0.15, 0.2) is 4.67 Å². The van der Waals surface area contributed by atoms with Crippen molar-refractivity contribution < 1.29 is 4.42 Å². The minimum atomic E-state index is 0.0624. The van der Waals surface area contributed by atoms with Gasteiger partial charge in [-0.25, -0.2) is 0 Å². The van der Waals surface area contributed by atoms with Gasteiger partial charge in [-0.1, -0.05) is 43.3 Å². The summed E-state index contributed by atoms with van der Waals surface area (Å²) in [5.41, 5.74) is 2.56. The third kappa shape index (κ3) is 2.76. The van der Waals surface area contributed by atoms with E-state index in [1.807, 2.05) is 12.1 Å². The number of hydrogen-bond donors (Lipinski definition) is 1. The molecule has 0 spiro atoms. The fraction of sp³-hybridized carbons (Fsp3) is 0.222. The minimum absolute atomic E-state index is 0.0624. The lowest BCUT2D eigenvalue weighted by molar-refractivity contribution is 0.438. The van der Waals surface area contributed by atoms with Crippen LogP contribution in [-0.4, -0.2) is 6.54 Å². The van der Waals surface area contributed by atoms with Gasteiger partial charge in [0.05, 0.1) is 6.04 Å². The lowest BCUT2D eigenvalue weighted by atomic mass is 9.93. The van der Waals surface area contributed by atoms with Gasteiger partial charge in [-0.05, 0) is 63.4 Å². The van der Waals surface area contributed by atoms with Crippen LogP contribution in [0.25, 0.3) is 10.8 Å². The molecule has 3 rings (SSSR count). The maximum Gasteiger partial charge on any atom is 0.169 e. The standard InChI is InChI=1S/C18H18BrNO/c1-3-20-18(15-10-11-16(19)21-15)17-12(2)8-9-13-6-4-5-7-14(13)17/h4-11,18,20H,3H2,1-2H3. The topological polar surface area (TPSA) is 25.2 Å². The van der Waals surface area contributed by atoms with E-state index in [9.17, 15) is 0 Å². The van der Waals surface area contributed by atoms with Gasteiger partial charge in [0.2, 0.25) is 0 Å². The summed E-state index contributed by atoms with van der Waals surface area (Å²) in [4.78, 5) is 0. The van der Waals surface area contributed by atoms with Crippen LogP contribution in [0.15, 0.2) is 57.6 Å². The highest BCUT2D eigenvalue weighted by molar-refractivity contribution is 9.10. The summed E-state index contributed by atoms with van der Waals surface area (Å²) in [7, 11) is 0. The molecule has 0 saturated heterocycles. The van der Waals surface area contributed by atoms with Crippen LogP contribution in [0.5, 0.6) is 0 Å². The van der Waals surface area contributed by atoms with Crippen molar-refractivity contribution in [2.75, 3.05) is 6.54 Å². The van der Waals surface area contributed by atoms with Crippen LogP contribution in [0.1, 0.15) is 29.9 Å². The molecule has 0 amide bonds. The SMILES string of the molecule is CCNC(c1ccc(Br)o1)c1c(C)ccc2ccccc12. The highest BCUT2D eigenvalue weighted by atomic mass is 79.9. The molecule has 1 N–H and O–H groups in total. The Morgan fingerprint density at radius 1 is 1.10 bits per heavy atom. The molecule has 0 fully saturated rings. The van der Waals surface area contributed by atoms with Gasteiger partial charge >= 0.3 is 0 Å². The minimum Gasteiger partial charge on any atom is -0.452 e. The Morgan fingerprint density at radius 2 is 1.90 bits per heavy atom. The summed E-state index contributed by atoms with van der Waals surface area (Å²) in [5.74, 6) is 0.933. The first-order chi connectivity index (χ1) is 10.2. The van der Waals surface area contributed by atoms with Crippen molar-refractivity contribution in [2.45, 2.75) is 19.9 Å². The largest absolute Gasteiger partial charge is 0.452 e. The van der Waals surface area contributed by atoms with Crippen molar-refractivity contribution in [3.63, 3.8) is 0 Å². The Labute approximate surface area is 133 Å². The van der Waals surface area contributed by atoms with Crippen LogP contribution in [0.4, 0.5) is 0 Å². The molecule has 3 heteroatoms. The lowest BCUT2D eigenvalue weighted by Crippen LogP contribution is -2.22. The Kier molecular flexibility index (Phi) is 4.13. The zero-order valence-corrected chi connectivity index (χ0v) is 13.8. The molecular formula is C18H18BrNO. The zero-order chi connectivity index (χ0) is 14.8. The lowest BCUT2D eigenvalue weighted by Gasteiger charge is -2.20. The van der Waals surface area contributed by atoms with Crippen molar-refractivity contribution in [3.05, 3.63) is 70.1 Å². The van der Waals surface area contributed by atoms with Crippen molar-refractivity contribution in [2.24, 2.45) is 0 Å². The third-order valence-corrected chi connectivity index (χ3v) is 4.19. The van der Waals surface area contributed by atoms with Crippen molar-refractivity contribution in [3.8, 4) is 0 Å². The van der Waals surface area contributed by atoms with Gasteiger partial charge in [-0.15, -0.1) is 0 Å². The Morgan fingerprint density at radius 3 is 2.62 bits per heavy atom. The van der Waals surface area contributed by atoms with Gasteiger partial charge < -0.3 is 9.73 Å². The van der Waals surface area contributed by atoms with Crippen LogP contribution >= 0.6 is 15.9 Å². The predicted octanol–water partition coefficient (Wildman–Crippen LogP) is 5.20. The Bertz CT molecular complexity index is 763. The molecule has 0 aliphatic rings. The van der Waals surface area contributed by atoms with Crippen LogP contribution < -0.4 is 5.32 Å². The summed E-state index contributed by atoms with van der Waals surface area (Å²) < 4.78 is 6.57. The second kappa shape index (κ2) is 6.04. The van der Waals surface area contributed by atoms with E-state index in [1.165, 1.54) is 21.9 Å². The summed E-state index contributed by atoms with van der Waals surface area (Å²) in [6, 6.07) is 16.9. The molecule has 0 aliphatic carbocycles. The van der Waals surface area contributed by atoms with E-state index >= 15 is 0 Å². The fourth-order valence-electron chi connectivity index (χ4n) is 2.82. The molecule has 1 atom stereocenters. The summed E-state index contributed by atoms with van der Waals surface area (Å²) >= 11 is 3.40. The number of rotatable bonds is 4. The zero-order valence-electron chi connectivity index (χ0n) is 12.2. The molecule has 0 radical (unpaired) electrons. The number of benzene rings is 2. The van der Waals surface area contributed by atoms with Crippen molar-refractivity contribution in [1.82, 2.24) is 5.32 Å². The average molecular weight is 344 g/mol.